The van der Waals surface area contributed by atoms with E-state index in [9.17, 15) is 15.3 Å². The van der Waals surface area contributed by atoms with Crippen LogP contribution < -0.4 is 0 Å². The van der Waals surface area contributed by atoms with E-state index in [-0.39, 0.29) is 36.8 Å². The van der Waals surface area contributed by atoms with Crippen molar-refractivity contribution in [3.05, 3.63) is 0 Å². The normalized spacial score (nSPS) is 16.2. The number of rotatable bonds is 8. The Bertz CT molecular complexity index is 256. The third-order valence-corrected chi connectivity index (χ3v) is 17.3. The van der Waals surface area contributed by atoms with E-state index in [1.165, 1.54) is 0 Å². The molecule has 5 heteroatoms. The van der Waals surface area contributed by atoms with Gasteiger partial charge in [0.1, 0.15) is 0 Å². The van der Waals surface area contributed by atoms with Gasteiger partial charge in [0, 0.05) is 0 Å². The van der Waals surface area contributed by atoms with E-state index in [2.05, 4.69) is 41.5 Å². The van der Waals surface area contributed by atoms with E-state index in [0.717, 1.165) is 0 Å². The van der Waals surface area contributed by atoms with Gasteiger partial charge in [-0.1, -0.05) is 0 Å². The zero-order valence-corrected chi connectivity index (χ0v) is 14.9. The van der Waals surface area contributed by atoms with Crippen molar-refractivity contribution >= 4 is 17.2 Å². The summed E-state index contributed by atoms with van der Waals surface area (Å²) in [6.07, 6.45) is 0.511. The minimum atomic E-state index is -2.73. The van der Waals surface area contributed by atoms with Crippen molar-refractivity contribution in [2.24, 2.45) is 5.41 Å². The average Bonchev–Trinajstić information content (AvgIpc) is 2.35. The summed E-state index contributed by atoms with van der Waals surface area (Å²) >= 11 is 7.32. The van der Waals surface area contributed by atoms with Crippen LogP contribution in [0.2, 0.25) is 0 Å². The van der Waals surface area contributed by atoms with Crippen molar-refractivity contribution in [3.8, 4) is 0 Å². The summed E-state index contributed by atoms with van der Waals surface area (Å²) in [5.74, 6) is -2.73. The fourth-order valence-electron chi connectivity index (χ4n) is 3.34. The van der Waals surface area contributed by atoms with Gasteiger partial charge in [-0.25, -0.2) is 0 Å². The van der Waals surface area contributed by atoms with Crippen molar-refractivity contribution < 1.29 is 15.3 Å². The summed E-state index contributed by atoms with van der Waals surface area (Å²) in [7, 11) is 0. The van der Waals surface area contributed by atoms with Gasteiger partial charge in [0.25, 0.3) is 0 Å². The SMILES string of the molecule is CC(C)P(Cl)(CC(CO)(CO)CO)(C(C)C)C(C)C. The quantitative estimate of drug-likeness (QED) is 0.604. The van der Waals surface area contributed by atoms with Gasteiger partial charge in [0.15, 0.2) is 0 Å². The first-order valence-electron chi connectivity index (χ1n) is 7.09. The minimum absolute atomic E-state index is 0.239. The number of halogens is 1. The predicted molar refractivity (Wildman–Crippen MR) is 86.7 cm³/mol. The summed E-state index contributed by atoms with van der Waals surface area (Å²) in [6.45, 7) is 12.0. The first-order chi connectivity index (χ1) is 8.54. The maximum atomic E-state index is 9.64. The van der Waals surface area contributed by atoms with E-state index in [1.54, 1.807) is 0 Å². The first-order valence-corrected chi connectivity index (χ1v) is 10.6. The Morgan fingerprint density at radius 2 is 1.05 bits per heavy atom. The van der Waals surface area contributed by atoms with Crippen LogP contribution in [0.1, 0.15) is 41.5 Å². The Balaban J connectivity index is 5.90. The van der Waals surface area contributed by atoms with Gasteiger partial charge in [-0.15, -0.1) is 0 Å². The van der Waals surface area contributed by atoms with Crippen molar-refractivity contribution in [3.63, 3.8) is 0 Å². The molecule has 0 spiro atoms. The Morgan fingerprint density at radius 3 is 1.21 bits per heavy atom. The fraction of sp³-hybridized carbons (Fsp3) is 1.00. The third-order valence-electron chi connectivity index (χ3n) is 5.15. The summed E-state index contributed by atoms with van der Waals surface area (Å²) in [4.78, 5) is 0. The summed E-state index contributed by atoms with van der Waals surface area (Å²) in [5.41, 5.74) is -0.0664. The van der Waals surface area contributed by atoms with E-state index >= 15 is 0 Å². The number of hydrogen-bond acceptors (Lipinski definition) is 3. The van der Waals surface area contributed by atoms with Crippen LogP contribution >= 0.6 is 17.2 Å². The molecule has 0 fully saturated rings. The molecule has 0 amide bonds. The van der Waals surface area contributed by atoms with Gasteiger partial charge < -0.3 is 0 Å². The fourth-order valence-corrected chi connectivity index (χ4v) is 10.5. The van der Waals surface area contributed by atoms with Crippen molar-refractivity contribution in [2.45, 2.75) is 58.5 Å². The Labute approximate surface area is 123 Å². The number of aliphatic hydroxyl groups excluding tert-OH is 3. The number of aliphatic hydroxyl groups is 3. The van der Waals surface area contributed by atoms with Crippen LogP contribution in [0.25, 0.3) is 0 Å². The van der Waals surface area contributed by atoms with Crippen molar-refractivity contribution in [2.75, 3.05) is 26.0 Å². The molecule has 0 heterocycles. The molecule has 0 aliphatic heterocycles. The molecule has 0 aromatic heterocycles. The van der Waals surface area contributed by atoms with Crippen LogP contribution in [0, 0.1) is 5.41 Å². The second-order valence-electron chi connectivity index (χ2n) is 6.82. The Morgan fingerprint density at radius 1 is 0.789 bits per heavy atom. The van der Waals surface area contributed by atoms with Gasteiger partial charge in [0.05, 0.1) is 0 Å². The molecule has 0 aromatic carbocycles. The van der Waals surface area contributed by atoms with Crippen LogP contribution in [-0.4, -0.2) is 58.3 Å². The van der Waals surface area contributed by atoms with E-state index in [1.807, 2.05) is 0 Å². The van der Waals surface area contributed by atoms with Crippen LogP contribution in [-0.2, 0) is 0 Å². The van der Waals surface area contributed by atoms with Crippen LogP contribution in [0.5, 0.6) is 0 Å². The molecular formula is C14H32ClO3P. The van der Waals surface area contributed by atoms with Crippen molar-refractivity contribution in [1.29, 1.82) is 0 Å². The summed E-state index contributed by atoms with van der Waals surface area (Å²) in [6, 6.07) is 0. The molecule has 0 saturated heterocycles. The second kappa shape index (κ2) is 6.58. The molecule has 0 aliphatic rings. The third kappa shape index (κ3) is 3.11. The van der Waals surface area contributed by atoms with E-state index in [0.29, 0.717) is 6.16 Å². The number of hydrogen-bond donors (Lipinski definition) is 3. The van der Waals surface area contributed by atoms with Crippen molar-refractivity contribution in [1.82, 2.24) is 0 Å². The van der Waals surface area contributed by atoms with Gasteiger partial charge in [0.2, 0.25) is 0 Å². The van der Waals surface area contributed by atoms with Gasteiger partial charge >= 0.3 is 122 Å². The topological polar surface area (TPSA) is 60.7 Å². The zero-order valence-electron chi connectivity index (χ0n) is 13.2. The molecule has 0 bridgehead atoms. The molecule has 19 heavy (non-hydrogen) atoms. The van der Waals surface area contributed by atoms with Crippen LogP contribution in [0.4, 0.5) is 0 Å². The standard InChI is InChI=1S/C14H32ClO3P/c1-11(2)19(15,12(3)4,13(5)6)10-14(7-16,8-17)9-18/h11-13,16-18H,7-10H2,1-6H3. The molecule has 0 unspecified atom stereocenters. The molecule has 3 N–H and O–H groups in total. The van der Waals surface area contributed by atoms with Gasteiger partial charge in [-0.2, -0.15) is 0 Å². The molecular weight excluding hydrogens is 283 g/mol. The zero-order chi connectivity index (χ0) is 15.5. The van der Waals surface area contributed by atoms with Gasteiger partial charge in [-0.05, 0) is 0 Å². The molecule has 0 atom stereocenters. The molecule has 0 radical (unpaired) electrons. The monoisotopic (exact) mass is 314 g/mol. The maximum absolute atomic E-state index is 9.64. The summed E-state index contributed by atoms with van der Waals surface area (Å²) in [5, 5.41) is 28.9. The Kier molecular flexibility index (Phi) is 6.78. The Hall–Kier alpha value is 0.600. The van der Waals surface area contributed by atoms with Crippen LogP contribution in [0.15, 0.2) is 0 Å². The molecule has 0 saturated carbocycles. The van der Waals surface area contributed by atoms with Crippen LogP contribution in [0.3, 0.4) is 0 Å². The van der Waals surface area contributed by atoms with E-state index in [4.69, 9.17) is 11.2 Å². The first kappa shape index (κ1) is 19.6. The average molecular weight is 315 g/mol. The molecule has 0 aliphatic carbocycles. The molecule has 0 aromatic rings. The predicted octanol–water partition coefficient (Wildman–Crippen LogP) is 2.88. The second-order valence-corrected chi connectivity index (χ2v) is 15.5. The van der Waals surface area contributed by atoms with E-state index < -0.39 is 11.4 Å². The van der Waals surface area contributed by atoms with Gasteiger partial charge in [-0.3, -0.25) is 0 Å². The molecule has 0 rings (SSSR count). The molecule has 118 valence electrons. The molecule has 3 nitrogen and oxygen atoms in total. The summed E-state index contributed by atoms with van der Waals surface area (Å²) < 4.78 is 0.